The molecule has 2 N–H and O–H groups in total. The molecule has 0 saturated heterocycles. The van der Waals surface area contributed by atoms with Gasteiger partial charge in [-0.15, -0.1) is 0 Å². The molecule has 0 amide bonds. The number of rotatable bonds is 2. The van der Waals surface area contributed by atoms with Gasteiger partial charge in [0.25, 0.3) is 0 Å². The van der Waals surface area contributed by atoms with Gasteiger partial charge in [-0.05, 0) is 49.5 Å². The average Bonchev–Trinajstić information content (AvgIpc) is 2.29. The van der Waals surface area contributed by atoms with Crippen LogP contribution in [0.15, 0.2) is 29.8 Å². The number of allylic oxidation sites excluding steroid dienone is 2. The number of anilines is 1. The second-order valence-electron chi connectivity index (χ2n) is 4.04. The molecular weight excluding hydrogens is 222 g/mol. The first-order chi connectivity index (χ1) is 7.68. The van der Waals surface area contributed by atoms with Gasteiger partial charge in [0.05, 0.1) is 5.02 Å². The minimum Gasteiger partial charge on any atom is -0.399 e. The maximum Gasteiger partial charge on any atom is 0.190 e. The Morgan fingerprint density at radius 1 is 1.31 bits per heavy atom. The Morgan fingerprint density at radius 2 is 2.12 bits per heavy atom. The van der Waals surface area contributed by atoms with E-state index in [0.717, 1.165) is 24.8 Å². The highest BCUT2D eigenvalue weighted by Crippen LogP contribution is 2.26. The topological polar surface area (TPSA) is 43.1 Å². The molecule has 0 atom stereocenters. The highest BCUT2D eigenvalue weighted by Gasteiger charge is 2.16. The lowest BCUT2D eigenvalue weighted by molar-refractivity contribution is 0.102. The van der Waals surface area contributed by atoms with Gasteiger partial charge in [0, 0.05) is 11.3 Å². The number of carbonyl (C=O) groups is 1. The van der Waals surface area contributed by atoms with Crippen LogP contribution in [-0.4, -0.2) is 5.78 Å². The van der Waals surface area contributed by atoms with Gasteiger partial charge in [0.2, 0.25) is 0 Å². The standard InChI is InChI=1S/C13H14ClNO/c14-12-8-10(15)6-7-11(12)13(16)9-4-2-1-3-5-9/h4,6-8H,1-3,5,15H2. The first-order valence-electron chi connectivity index (χ1n) is 5.47. The Morgan fingerprint density at radius 3 is 2.75 bits per heavy atom. The molecule has 3 heteroatoms. The van der Waals surface area contributed by atoms with Gasteiger partial charge in [0.1, 0.15) is 0 Å². The molecule has 0 heterocycles. The number of halogens is 1. The van der Waals surface area contributed by atoms with Gasteiger partial charge in [-0.2, -0.15) is 0 Å². The summed E-state index contributed by atoms with van der Waals surface area (Å²) in [6, 6.07) is 5.04. The van der Waals surface area contributed by atoms with E-state index in [1.165, 1.54) is 6.42 Å². The van der Waals surface area contributed by atoms with Crippen LogP contribution in [0.1, 0.15) is 36.0 Å². The van der Waals surface area contributed by atoms with Gasteiger partial charge in [-0.1, -0.05) is 17.7 Å². The summed E-state index contributed by atoms with van der Waals surface area (Å²) in [4.78, 5) is 12.1. The molecule has 0 unspecified atom stereocenters. The van der Waals surface area contributed by atoms with E-state index in [0.29, 0.717) is 16.3 Å². The molecule has 0 radical (unpaired) electrons. The van der Waals surface area contributed by atoms with Gasteiger partial charge in [-0.25, -0.2) is 0 Å². The fraction of sp³-hybridized carbons (Fsp3) is 0.308. The first-order valence-corrected chi connectivity index (χ1v) is 5.85. The lowest BCUT2D eigenvalue weighted by atomic mass is 9.93. The maximum absolute atomic E-state index is 12.1. The number of hydrogen-bond acceptors (Lipinski definition) is 2. The van der Waals surface area contributed by atoms with E-state index in [1.54, 1.807) is 18.2 Å². The van der Waals surface area contributed by atoms with Crippen LogP contribution in [0.25, 0.3) is 0 Å². The largest absolute Gasteiger partial charge is 0.399 e. The zero-order valence-corrected chi connectivity index (χ0v) is 9.76. The third-order valence-electron chi connectivity index (χ3n) is 2.82. The van der Waals surface area contributed by atoms with Gasteiger partial charge >= 0.3 is 0 Å². The van der Waals surface area contributed by atoms with Gasteiger partial charge in [-0.3, -0.25) is 4.79 Å². The first kappa shape index (κ1) is 11.2. The predicted octanol–water partition coefficient (Wildman–Crippen LogP) is 3.61. The SMILES string of the molecule is Nc1ccc(C(=O)C2=CCCCC2)c(Cl)c1. The minimum absolute atomic E-state index is 0.0460. The van der Waals surface area contributed by atoms with Crippen molar-refractivity contribution in [1.82, 2.24) is 0 Å². The Balaban J connectivity index is 2.30. The number of benzene rings is 1. The van der Waals surface area contributed by atoms with Gasteiger partial charge < -0.3 is 5.73 Å². The summed E-state index contributed by atoms with van der Waals surface area (Å²) in [7, 11) is 0. The van der Waals surface area contributed by atoms with Crippen molar-refractivity contribution in [3.8, 4) is 0 Å². The molecule has 0 aromatic heterocycles. The summed E-state index contributed by atoms with van der Waals surface area (Å²) in [6.07, 6.45) is 6.14. The van der Waals surface area contributed by atoms with Crippen molar-refractivity contribution >= 4 is 23.1 Å². The smallest absolute Gasteiger partial charge is 0.190 e. The predicted molar refractivity (Wildman–Crippen MR) is 66.7 cm³/mol. The van der Waals surface area contributed by atoms with Crippen LogP contribution in [0.5, 0.6) is 0 Å². The molecule has 0 spiro atoms. The van der Waals surface area contributed by atoms with Crippen molar-refractivity contribution < 1.29 is 4.79 Å². The van der Waals surface area contributed by atoms with Crippen molar-refractivity contribution in [3.63, 3.8) is 0 Å². The molecule has 1 aromatic rings. The number of nitrogens with two attached hydrogens (primary N) is 1. The van der Waals surface area contributed by atoms with Crippen LogP contribution >= 0.6 is 11.6 Å². The lowest BCUT2D eigenvalue weighted by Gasteiger charge is -2.12. The molecule has 2 nitrogen and oxygen atoms in total. The Labute approximate surface area is 100 Å². The van der Waals surface area contributed by atoms with Crippen LogP contribution in [0.3, 0.4) is 0 Å². The van der Waals surface area contributed by atoms with E-state index in [9.17, 15) is 4.79 Å². The van der Waals surface area contributed by atoms with Crippen LogP contribution in [0.4, 0.5) is 5.69 Å². The quantitative estimate of drug-likeness (QED) is 0.629. The zero-order valence-electron chi connectivity index (χ0n) is 9.00. The van der Waals surface area contributed by atoms with E-state index in [1.807, 2.05) is 6.08 Å². The molecule has 0 bridgehead atoms. The number of Topliss-reactive ketones (excluding diaryl/α,β-unsaturated/α-hetero) is 1. The third-order valence-corrected chi connectivity index (χ3v) is 3.13. The Kier molecular flexibility index (Phi) is 3.30. The molecule has 0 aliphatic heterocycles. The Bertz CT molecular complexity index is 451. The highest BCUT2D eigenvalue weighted by atomic mass is 35.5. The number of ketones is 1. The summed E-state index contributed by atoms with van der Waals surface area (Å²) >= 11 is 6.02. The maximum atomic E-state index is 12.1. The van der Waals surface area contributed by atoms with E-state index >= 15 is 0 Å². The molecule has 0 fully saturated rings. The summed E-state index contributed by atoms with van der Waals surface area (Å²) in [5.41, 5.74) is 7.62. The van der Waals surface area contributed by atoms with E-state index < -0.39 is 0 Å². The van der Waals surface area contributed by atoms with Crippen molar-refractivity contribution in [2.24, 2.45) is 0 Å². The van der Waals surface area contributed by atoms with Gasteiger partial charge in [0.15, 0.2) is 5.78 Å². The second kappa shape index (κ2) is 4.71. The highest BCUT2D eigenvalue weighted by molar-refractivity contribution is 6.35. The second-order valence-corrected chi connectivity index (χ2v) is 4.45. The summed E-state index contributed by atoms with van der Waals surface area (Å²) in [6.45, 7) is 0. The summed E-state index contributed by atoms with van der Waals surface area (Å²) in [5, 5.41) is 0.441. The average molecular weight is 236 g/mol. The van der Waals surface area contributed by atoms with Crippen molar-refractivity contribution in [2.75, 3.05) is 5.73 Å². The number of nitrogen functional groups attached to an aromatic ring is 1. The summed E-state index contributed by atoms with van der Waals surface area (Å²) < 4.78 is 0. The molecule has 2 rings (SSSR count). The molecule has 1 aromatic carbocycles. The van der Waals surface area contributed by atoms with Crippen LogP contribution in [0.2, 0.25) is 5.02 Å². The fourth-order valence-corrected chi connectivity index (χ4v) is 2.21. The molecular formula is C13H14ClNO. The molecule has 16 heavy (non-hydrogen) atoms. The molecule has 84 valence electrons. The van der Waals surface area contributed by atoms with Crippen molar-refractivity contribution in [1.29, 1.82) is 0 Å². The number of carbonyl (C=O) groups excluding carboxylic acids is 1. The monoisotopic (exact) mass is 235 g/mol. The molecule has 0 saturated carbocycles. The van der Waals surface area contributed by atoms with E-state index in [4.69, 9.17) is 17.3 Å². The summed E-state index contributed by atoms with van der Waals surface area (Å²) in [5.74, 6) is 0.0460. The molecule has 1 aliphatic rings. The molecule has 1 aliphatic carbocycles. The van der Waals surface area contributed by atoms with Crippen LogP contribution < -0.4 is 5.73 Å². The zero-order chi connectivity index (χ0) is 11.5. The van der Waals surface area contributed by atoms with E-state index in [2.05, 4.69) is 0 Å². The minimum atomic E-state index is 0.0460. The van der Waals surface area contributed by atoms with E-state index in [-0.39, 0.29) is 5.78 Å². The van der Waals surface area contributed by atoms with Crippen LogP contribution in [-0.2, 0) is 0 Å². The fourth-order valence-electron chi connectivity index (χ4n) is 1.93. The van der Waals surface area contributed by atoms with Crippen molar-refractivity contribution in [2.45, 2.75) is 25.7 Å². The normalized spacial score (nSPS) is 15.7. The number of hydrogen-bond donors (Lipinski definition) is 1. The Hall–Kier alpha value is -1.28. The third kappa shape index (κ3) is 2.27. The van der Waals surface area contributed by atoms with Crippen LogP contribution in [0, 0.1) is 0 Å². The lowest BCUT2D eigenvalue weighted by Crippen LogP contribution is -2.07. The van der Waals surface area contributed by atoms with Crippen molar-refractivity contribution in [3.05, 3.63) is 40.4 Å².